The maximum Gasteiger partial charge on any atom is -0.000804 e. The summed E-state index contributed by atoms with van der Waals surface area (Å²) in [5.74, 6) is 0.897. The van der Waals surface area contributed by atoms with Crippen LogP contribution in [0.25, 0.3) is 0 Å². The second-order valence-corrected chi connectivity index (χ2v) is 9.58. The Morgan fingerprint density at radius 1 is 1.29 bits per heavy atom. The molecule has 1 saturated heterocycles. The van der Waals surface area contributed by atoms with Crippen LogP contribution in [0.5, 0.6) is 0 Å². The Morgan fingerprint density at radius 2 is 2.00 bits per heavy atom. The van der Waals surface area contributed by atoms with E-state index in [2.05, 4.69) is 50.6 Å². The minimum absolute atomic E-state index is 0.312. The van der Waals surface area contributed by atoms with Crippen LogP contribution in [0.4, 0.5) is 0 Å². The summed E-state index contributed by atoms with van der Waals surface area (Å²) < 4.78 is 0. The zero-order valence-electron chi connectivity index (χ0n) is 16.2. The van der Waals surface area contributed by atoms with Crippen molar-refractivity contribution in [1.29, 1.82) is 0 Å². The number of hydrogen-bond acceptors (Lipinski definition) is 1. The standard InChI is InChI=1S/C23H37N/c1-5-11-22(6-2)12-7-8-13-23(14-19-9-10-19,21(3,4)18-22)15-20-16-24-17-20/h9,11,20,24H,1,6-8,10,12-18H2,2-4H3/t22?,23-/m0/s1. The minimum atomic E-state index is 0.312. The van der Waals surface area contributed by atoms with Crippen molar-refractivity contribution in [1.82, 2.24) is 5.32 Å². The van der Waals surface area contributed by atoms with Gasteiger partial charge in [0.1, 0.15) is 0 Å². The van der Waals surface area contributed by atoms with Gasteiger partial charge in [0.05, 0.1) is 0 Å². The number of nitrogens with one attached hydrogen (secondary N) is 1. The Labute approximate surface area is 149 Å². The molecule has 134 valence electrons. The predicted octanol–water partition coefficient (Wildman–Crippen LogP) is 6.03. The first-order valence-corrected chi connectivity index (χ1v) is 10.2. The highest BCUT2D eigenvalue weighted by atomic mass is 14.9. The molecule has 0 amide bonds. The molecule has 0 bridgehead atoms. The van der Waals surface area contributed by atoms with E-state index in [0.29, 0.717) is 16.2 Å². The van der Waals surface area contributed by atoms with Crippen LogP contribution in [0.15, 0.2) is 30.0 Å². The quantitative estimate of drug-likeness (QED) is 0.464. The third-order valence-corrected chi connectivity index (χ3v) is 7.53. The summed E-state index contributed by atoms with van der Waals surface area (Å²) in [5, 5.41) is 3.50. The normalized spacial score (nSPS) is 35.9. The van der Waals surface area contributed by atoms with E-state index in [1.54, 1.807) is 5.57 Å². The Kier molecular flexibility index (Phi) is 5.14. The fourth-order valence-corrected chi connectivity index (χ4v) is 5.65. The van der Waals surface area contributed by atoms with Gasteiger partial charge in [-0.3, -0.25) is 0 Å². The molecule has 2 atom stereocenters. The number of allylic oxidation sites excluding steroid dienone is 3. The summed E-state index contributed by atoms with van der Waals surface area (Å²) in [7, 11) is 0. The number of hydrogen-bond donors (Lipinski definition) is 1. The lowest BCUT2D eigenvalue weighted by Crippen LogP contribution is -2.50. The fraction of sp³-hybridized carbons (Fsp3) is 0.783. The summed E-state index contributed by atoms with van der Waals surface area (Å²) in [5.41, 5.74) is 6.06. The second kappa shape index (κ2) is 6.85. The van der Waals surface area contributed by atoms with Crippen molar-refractivity contribution < 1.29 is 0 Å². The zero-order valence-corrected chi connectivity index (χ0v) is 16.2. The smallest absolute Gasteiger partial charge is 0.000804 e. The van der Waals surface area contributed by atoms with Crippen molar-refractivity contribution in [3.8, 4) is 0 Å². The fourth-order valence-electron chi connectivity index (χ4n) is 5.65. The van der Waals surface area contributed by atoms with Crippen LogP contribution in [-0.2, 0) is 0 Å². The first-order chi connectivity index (χ1) is 11.4. The van der Waals surface area contributed by atoms with Gasteiger partial charge in [-0.1, -0.05) is 51.8 Å². The molecule has 1 heteroatoms. The maximum absolute atomic E-state index is 3.92. The van der Waals surface area contributed by atoms with E-state index < -0.39 is 0 Å². The summed E-state index contributed by atoms with van der Waals surface area (Å²) in [6.45, 7) is 13.9. The van der Waals surface area contributed by atoms with Crippen molar-refractivity contribution in [3.63, 3.8) is 0 Å². The van der Waals surface area contributed by atoms with Gasteiger partial charge in [-0.15, -0.1) is 5.73 Å². The lowest BCUT2D eigenvalue weighted by atomic mass is 9.51. The zero-order chi connectivity index (χ0) is 17.3. The molecule has 1 unspecified atom stereocenters. The molecule has 0 aromatic carbocycles. The molecular weight excluding hydrogens is 290 g/mol. The average Bonchev–Trinajstić information content (AvgIpc) is 3.29. The first-order valence-electron chi connectivity index (χ1n) is 10.2. The third kappa shape index (κ3) is 3.58. The van der Waals surface area contributed by atoms with E-state index in [9.17, 15) is 0 Å². The minimum Gasteiger partial charge on any atom is -0.316 e. The topological polar surface area (TPSA) is 12.0 Å². The van der Waals surface area contributed by atoms with E-state index >= 15 is 0 Å². The van der Waals surface area contributed by atoms with Crippen LogP contribution in [0.1, 0.15) is 78.6 Å². The lowest BCUT2D eigenvalue weighted by molar-refractivity contribution is -0.0256. The molecular formula is C23H37N. The molecule has 3 aliphatic rings. The van der Waals surface area contributed by atoms with Gasteiger partial charge in [0.2, 0.25) is 0 Å². The van der Waals surface area contributed by atoms with Crippen LogP contribution in [0, 0.1) is 22.2 Å². The monoisotopic (exact) mass is 327 g/mol. The molecule has 0 spiro atoms. The van der Waals surface area contributed by atoms with E-state index in [4.69, 9.17) is 0 Å². The molecule has 1 heterocycles. The van der Waals surface area contributed by atoms with E-state index in [-0.39, 0.29) is 0 Å². The Bertz CT molecular complexity index is 532. The molecule has 1 N–H and O–H groups in total. The van der Waals surface area contributed by atoms with Gasteiger partial charge in [-0.05, 0) is 86.3 Å². The highest BCUT2D eigenvalue weighted by Gasteiger charge is 2.50. The highest BCUT2D eigenvalue weighted by Crippen LogP contribution is 2.60. The molecule has 1 saturated carbocycles. The SMILES string of the molecule is C=C=CC1(CC)CCCC[C@](CC2=CC2)(CC2CNC2)C(C)(C)C1. The average molecular weight is 328 g/mol. The maximum atomic E-state index is 3.92. The molecule has 3 rings (SSSR count). The van der Waals surface area contributed by atoms with Crippen LogP contribution >= 0.6 is 0 Å². The van der Waals surface area contributed by atoms with Crippen molar-refractivity contribution >= 4 is 0 Å². The van der Waals surface area contributed by atoms with Crippen molar-refractivity contribution in [2.45, 2.75) is 78.6 Å². The molecule has 2 aliphatic carbocycles. The Morgan fingerprint density at radius 3 is 2.54 bits per heavy atom. The molecule has 1 nitrogen and oxygen atoms in total. The lowest BCUT2D eigenvalue weighted by Gasteiger charge is -2.54. The molecule has 2 fully saturated rings. The van der Waals surface area contributed by atoms with Crippen LogP contribution in [-0.4, -0.2) is 13.1 Å². The summed E-state index contributed by atoms with van der Waals surface area (Å²) >= 11 is 0. The van der Waals surface area contributed by atoms with Gasteiger partial charge in [0, 0.05) is 0 Å². The number of rotatable bonds is 6. The van der Waals surface area contributed by atoms with Crippen molar-refractivity contribution in [2.75, 3.05) is 13.1 Å². The summed E-state index contributed by atoms with van der Waals surface area (Å²) in [6, 6.07) is 0. The Balaban J connectivity index is 1.92. The van der Waals surface area contributed by atoms with Crippen LogP contribution < -0.4 is 5.32 Å². The largest absolute Gasteiger partial charge is 0.316 e. The van der Waals surface area contributed by atoms with E-state index in [0.717, 1.165) is 5.92 Å². The van der Waals surface area contributed by atoms with Crippen molar-refractivity contribution in [2.24, 2.45) is 22.2 Å². The molecule has 1 aliphatic heterocycles. The summed E-state index contributed by atoms with van der Waals surface area (Å²) in [4.78, 5) is 0. The van der Waals surface area contributed by atoms with Gasteiger partial charge < -0.3 is 5.32 Å². The van der Waals surface area contributed by atoms with Gasteiger partial charge in [-0.2, -0.15) is 0 Å². The van der Waals surface area contributed by atoms with Crippen molar-refractivity contribution in [3.05, 3.63) is 30.0 Å². The van der Waals surface area contributed by atoms with Crippen LogP contribution in [0.2, 0.25) is 0 Å². The molecule has 0 radical (unpaired) electrons. The molecule has 24 heavy (non-hydrogen) atoms. The van der Waals surface area contributed by atoms with Gasteiger partial charge >= 0.3 is 0 Å². The molecule has 0 aromatic heterocycles. The van der Waals surface area contributed by atoms with Gasteiger partial charge in [-0.25, -0.2) is 0 Å². The summed E-state index contributed by atoms with van der Waals surface area (Å²) in [6.07, 6.45) is 16.9. The van der Waals surface area contributed by atoms with Crippen LogP contribution in [0.3, 0.4) is 0 Å². The van der Waals surface area contributed by atoms with Gasteiger partial charge in [0.15, 0.2) is 0 Å². The highest BCUT2D eigenvalue weighted by molar-refractivity contribution is 5.25. The Hall–Kier alpha value is -0.780. The predicted molar refractivity (Wildman–Crippen MR) is 104 cm³/mol. The van der Waals surface area contributed by atoms with Gasteiger partial charge in [0.25, 0.3) is 0 Å². The molecule has 0 aromatic rings. The third-order valence-electron chi connectivity index (χ3n) is 7.53. The van der Waals surface area contributed by atoms with E-state index in [1.165, 1.54) is 70.9 Å². The first kappa shape index (κ1) is 18.0. The second-order valence-electron chi connectivity index (χ2n) is 9.58. The van der Waals surface area contributed by atoms with E-state index in [1.807, 2.05) is 0 Å².